The van der Waals surface area contributed by atoms with Gasteiger partial charge in [-0.25, -0.2) is 4.98 Å². The van der Waals surface area contributed by atoms with Gasteiger partial charge < -0.3 is 14.9 Å². The maximum atomic E-state index is 10.7. The fourth-order valence-electron chi connectivity index (χ4n) is 1.67. The van der Waals surface area contributed by atoms with E-state index in [1.165, 1.54) is 0 Å². The highest BCUT2D eigenvalue weighted by molar-refractivity contribution is 5.73. The van der Waals surface area contributed by atoms with Crippen LogP contribution < -0.4 is 10.5 Å². The van der Waals surface area contributed by atoms with Crippen molar-refractivity contribution in [3.8, 4) is 17.1 Å². The molecule has 5 heteroatoms. The van der Waals surface area contributed by atoms with Crippen LogP contribution in [0, 0.1) is 0 Å². The van der Waals surface area contributed by atoms with Crippen LogP contribution in [-0.2, 0) is 11.2 Å². The van der Waals surface area contributed by atoms with E-state index in [1.807, 2.05) is 31.2 Å². The van der Waals surface area contributed by atoms with E-state index in [-0.39, 0.29) is 12.3 Å². The van der Waals surface area contributed by atoms with Crippen molar-refractivity contribution < 1.29 is 13.9 Å². The van der Waals surface area contributed by atoms with Gasteiger partial charge in [-0.2, -0.15) is 0 Å². The summed E-state index contributed by atoms with van der Waals surface area (Å²) in [5.74, 6) is 1.64. The molecule has 2 rings (SSSR count). The van der Waals surface area contributed by atoms with E-state index >= 15 is 0 Å². The zero-order valence-corrected chi connectivity index (χ0v) is 10.8. The van der Waals surface area contributed by atoms with Gasteiger partial charge in [0.25, 0.3) is 0 Å². The summed E-state index contributed by atoms with van der Waals surface area (Å²) in [5, 5.41) is 0. The van der Waals surface area contributed by atoms with Crippen molar-refractivity contribution in [3.05, 3.63) is 36.4 Å². The second-order valence-corrected chi connectivity index (χ2v) is 4.04. The quantitative estimate of drug-likeness (QED) is 0.863. The van der Waals surface area contributed by atoms with Crippen LogP contribution in [0.5, 0.6) is 5.75 Å². The fourth-order valence-corrected chi connectivity index (χ4v) is 1.67. The lowest BCUT2D eigenvalue weighted by molar-refractivity contribution is -0.118. The van der Waals surface area contributed by atoms with Gasteiger partial charge in [0.1, 0.15) is 5.75 Å². The first-order valence-corrected chi connectivity index (χ1v) is 6.15. The zero-order chi connectivity index (χ0) is 13.7. The minimum atomic E-state index is -0.360. The predicted molar refractivity (Wildman–Crippen MR) is 70.6 cm³/mol. The maximum absolute atomic E-state index is 10.7. The van der Waals surface area contributed by atoms with Crippen molar-refractivity contribution in [2.24, 2.45) is 5.73 Å². The first kappa shape index (κ1) is 13.1. The van der Waals surface area contributed by atoms with E-state index in [0.717, 1.165) is 11.3 Å². The summed E-state index contributed by atoms with van der Waals surface area (Å²) < 4.78 is 10.9. The van der Waals surface area contributed by atoms with Gasteiger partial charge in [-0.3, -0.25) is 4.79 Å². The van der Waals surface area contributed by atoms with Crippen molar-refractivity contribution in [2.45, 2.75) is 19.8 Å². The van der Waals surface area contributed by atoms with Crippen LogP contribution in [0.3, 0.4) is 0 Å². The van der Waals surface area contributed by atoms with Gasteiger partial charge >= 0.3 is 0 Å². The third-order valence-electron chi connectivity index (χ3n) is 2.59. The average molecular weight is 260 g/mol. The lowest BCUT2D eigenvalue weighted by Gasteiger charge is -2.02. The monoisotopic (exact) mass is 260 g/mol. The largest absolute Gasteiger partial charge is 0.494 e. The number of amides is 1. The number of ether oxygens (including phenoxy) is 1. The minimum absolute atomic E-state index is 0.239. The fraction of sp³-hybridized carbons (Fsp3) is 0.286. The third kappa shape index (κ3) is 3.58. The third-order valence-corrected chi connectivity index (χ3v) is 2.59. The number of nitrogens with zero attached hydrogens (tertiary/aromatic N) is 1. The normalized spacial score (nSPS) is 10.4. The molecule has 1 aromatic carbocycles. The summed E-state index contributed by atoms with van der Waals surface area (Å²) >= 11 is 0. The Morgan fingerprint density at radius 3 is 2.74 bits per heavy atom. The number of hydrogen-bond donors (Lipinski definition) is 1. The number of aryl methyl sites for hydroxylation is 1. The number of primary amides is 1. The Labute approximate surface area is 111 Å². The molecule has 0 radical (unpaired) electrons. The minimum Gasteiger partial charge on any atom is -0.494 e. The van der Waals surface area contributed by atoms with E-state index in [9.17, 15) is 4.79 Å². The molecule has 2 N–H and O–H groups in total. The SMILES string of the molecule is CCOc1ccc(-c2cnc(CCC(N)=O)o2)cc1. The van der Waals surface area contributed by atoms with Crippen LogP contribution in [0.4, 0.5) is 0 Å². The van der Waals surface area contributed by atoms with Gasteiger partial charge in [0.15, 0.2) is 11.7 Å². The molecule has 1 heterocycles. The summed E-state index contributed by atoms with van der Waals surface area (Å²) in [6.45, 7) is 2.58. The Morgan fingerprint density at radius 2 is 2.11 bits per heavy atom. The smallest absolute Gasteiger partial charge is 0.217 e. The van der Waals surface area contributed by atoms with E-state index in [2.05, 4.69) is 4.98 Å². The Hall–Kier alpha value is -2.30. The lowest BCUT2D eigenvalue weighted by atomic mass is 10.2. The van der Waals surface area contributed by atoms with E-state index in [4.69, 9.17) is 14.9 Å². The highest BCUT2D eigenvalue weighted by Crippen LogP contribution is 2.23. The highest BCUT2D eigenvalue weighted by atomic mass is 16.5. The molecule has 0 saturated carbocycles. The topological polar surface area (TPSA) is 78.4 Å². The molecule has 1 amide bonds. The maximum Gasteiger partial charge on any atom is 0.217 e. The number of carbonyl (C=O) groups is 1. The number of nitrogens with two attached hydrogens (primary N) is 1. The standard InChI is InChI=1S/C14H16N2O3/c1-2-18-11-5-3-10(4-6-11)12-9-16-14(19-12)8-7-13(15)17/h3-6,9H,2,7-8H2,1H3,(H2,15,17). The summed E-state index contributed by atoms with van der Waals surface area (Å²) in [5.41, 5.74) is 6.00. The molecule has 5 nitrogen and oxygen atoms in total. The lowest BCUT2D eigenvalue weighted by Crippen LogP contribution is -2.11. The average Bonchev–Trinajstić information content (AvgIpc) is 2.86. The van der Waals surface area contributed by atoms with Gasteiger partial charge in [-0.1, -0.05) is 0 Å². The molecule has 0 unspecified atom stereocenters. The van der Waals surface area contributed by atoms with Gasteiger partial charge in [0, 0.05) is 18.4 Å². The van der Waals surface area contributed by atoms with Gasteiger partial charge in [-0.05, 0) is 31.2 Å². The molecule has 0 bridgehead atoms. The van der Waals surface area contributed by atoms with Crippen LogP contribution >= 0.6 is 0 Å². The van der Waals surface area contributed by atoms with Crippen LogP contribution in [0.15, 0.2) is 34.9 Å². The Bertz CT molecular complexity index is 546. The molecule has 1 aromatic heterocycles. The van der Waals surface area contributed by atoms with Gasteiger partial charge in [-0.15, -0.1) is 0 Å². The highest BCUT2D eigenvalue weighted by Gasteiger charge is 2.07. The molecule has 0 spiro atoms. The van der Waals surface area contributed by atoms with Crippen LogP contribution in [0.25, 0.3) is 11.3 Å². The van der Waals surface area contributed by atoms with E-state index < -0.39 is 0 Å². The van der Waals surface area contributed by atoms with Crippen LogP contribution in [0.2, 0.25) is 0 Å². The number of hydrogen-bond acceptors (Lipinski definition) is 4. The van der Waals surface area contributed by atoms with Crippen molar-refractivity contribution in [1.82, 2.24) is 4.98 Å². The summed E-state index contributed by atoms with van der Waals surface area (Å²) in [7, 11) is 0. The zero-order valence-electron chi connectivity index (χ0n) is 10.8. The molecule has 0 aliphatic heterocycles. The van der Waals surface area contributed by atoms with Crippen molar-refractivity contribution in [2.75, 3.05) is 6.61 Å². The Morgan fingerprint density at radius 1 is 1.37 bits per heavy atom. The van der Waals surface area contributed by atoms with Gasteiger partial charge in [0.05, 0.1) is 12.8 Å². The first-order valence-electron chi connectivity index (χ1n) is 6.15. The summed E-state index contributed by atoms with van der Waals surface area (Å²) in [6, 6.07) is 7.57. The number of rotatable bonds is 6. The molecule has 19 heavy (non-hydrogen) atoms. The Balaban J connectivity index is 2.07. The molecular weight excluding hydrogens is 244 g/mol. The second kappa shape index (κ2) is 6.04. The molecule has 0 saturated heterocycles. The van der Waals surface area contributed by atoms with Crippen LogP contribution in [-0.4, -0.2) is 17.5 Å². The van der Waals surface area contributed by atoms with Crippen molar-refractivity contribution >= 4 is 5.91 Å². The molecule has 100 valence electrons. The molecular formula is C14H16N2O3. The number of aromatic nitrogens is 1. The van der Waals surface area contributed by atoms with Crippen molar-refractivity contribution in [3.63, 3.8) is 0 Å². The molecule has 0 aliphatic rings. The summed E-state index contributed by atoms with van der Waals surface area (Å²) in [4.78, 5) is 14.8. The van der Waals surface area contributed by atoms with Crippen molar-refractivity contribution in [1.29, 1.82) is 0 Å². The van der Waals surface area contributed by atoms with E-state index in [0.29, 0.717) is 24.7 Å². The van der Waals surface area contributed by atoms with Gasteiger partial charge in [0.2, 0.25) is 5.91 Å². The molecule has 0 fully saturated rings. The van der Waals surface area contributed by atoms with Crippen LogP contribution in [0.1, 0.15) is 19.2 Å². The molecule has 0 atom stereocenters. The Kier molecular flexibility index (Phi) is 4.18. The molecule has 2 aromatic rings. The number of carbonyl (C=O) groups excluding carboxylic acids is 1. The number of oxazole rings is 1. The second-order valence-electron chi connectivity index (χ2n) is 4.04. The first-order chi connectivity index (χ1) is 9.19. The van der Waals surface area contributed by atoms with E-state index in [1.54, 1.807) is 6.20 Å². The number of benzene rings is 1. The molecule has 0 aliphatic carbocycles. The predicted octanol–water partition coefficient (Wildman–Crippen LogP) is 2.16. The summed E-state index contributed by atoms with van der Waals surface area (Å²) in [6.07, 6.45) is 2.31.